The first-order valence-corrected chi connectivity index (χ1v) is 9.11. The van der Waals surface area contributed by atoms with E-state index in [1.165, 1.54) is 0 Å². The van der Waals surface area contributed by atoms with E-state index < -0.39 is 0 Å². The molecule has 0 radical (unpaired) electrons. The second kappa shape index (κ2) is 7.03. The van der Waals surface area contributed by atoms with Gasteiger partial charge in [0.05, 0.1) is 17.7 Å². The molecule has 1 spiro atoms. The first kappa shape index (κ1) is 17.0. The number of benzene rings is 1. The first-order chi connectivity index (χ1) is 12.7. The number of methoxy groups -OCH3 is 1. The van der Waals surface area contributed by atoms with Gasteiger partial charge in [0.1, 0.15) is 0 Å². The summed E-state index contributed by atoms with van der Waals surface area (Å²) in [5.74, 6) is 0.955. The highest BCUT2D eigenvalue weighted by Crippen LogP contribution is 2.41. The van der Waals surface area contributed by atoms with Gasteiger partial charge in [0.25, 0.3) is 0 Å². The quantitative estimate of drug-likeness (QED) is 0.799. The van der Waals surface area contributed by atoms with Crippen molar-refractivity contribution in [2.75, 3.05) is 44.8 Å². The molecule has 1 unspecified atom stereocenters. The number of nitrogens with zero attached hydrogens (tertiary/aromatic N) is 6. The van der Waals surface area contributed by atoms with Gasteiger partial charge in [-0.05, 0) is 41.8 Å². The standard InChI is InChI=1S/C18H24N6O2/c1-26-13-12-22-10-5-8-18(16(22)25)9-11-23(14-18)17-19-20-21-24(17)15-6-3-2-4-7-15/h2-4,6-7H,5,8-14H2,1H3. The van der Waals surface area contributed by atoms with E-state index in [1.807, 2.05) is 35.2 Å². The Hall–Kier alpha value is -2.48. The molecule has 2 aliphatic heterocycles. The molecule has 2 aliphatic rings. The van der Waals surface area contributed by atoms with Gasteiger partial charge >= 0.3 is 0 Å². The van der Waals surface area contributed by atoms with Crippen molar-refractivity contribution < 1.29 is 9.53 Å². The minimum atomic E-state index is -0.320. The Balaban J connectivity index is 1.54. The molecule has 8 nitrogen and oxygen atoms in total. The SMILES string of the molecule is COCCN1CCCC2(CCN(c3nnnn3-c3ccccc3)C2)C1=O. The smallest absolute Gasteiger partial charge is 0.250 e. The molecule has 4 rings (SSSR count). The van der Waals surface area contributed by atoms with Gasteiger partial charge in [0, 0.05) is 33.3 Å². The molecule has 0 saturated carbocycles. The summed E-state index contributed by atoms with van der Waals surface area (Å²) in [6, 6.07) is 9.84. The number of carbonyl (C=O) groups excluding carboxylic acids is 1. The monoisotopic (exact) mass is 356 g/mol. The van der Waals surface area contributed by atoms with Crippen LogP contribution in [-0.4, -0.2) is 70.9 Å². The van der Waals surface area contributed by atoms with Gasteiger partial charge in [0.15, 0.2) is 0 Å². The Bertz CT molecular complexity index is 764. The molecule has 0 aliphatic carbocycles. The van der Waals surface area contributed by atoms with Crippen LogP contribution in [0.5, 0.6) is 0 Å². The molecule has 2 saturated heterocycles. The van der Waals surface area contributed by atoms with Crippen molar-refractivity contribution in [2.45, 2.75) is 19.3 Å². The van der Waals surface area contributed by atoms with Crippen LogP contribution in [0, 0.1) is 5.41 Å². The largest absolute Gasteiger partial charge is 0.383 e. The molecular formula is C18H24N6O2. The molecule has 138 valence electrons. The molecule has 1 amide bonds. The van der Waals surface area contributed by atoms with Gasteiger partial charge in [0.2, 0.25) is 11.9 Å². The van der Waals surface area contributed by atoms with E-state index in [4.69, 9.17) is 4.74 Å². The zero-order valence-corrected chi connectivity index (χ0v) is 15.0. The number of piperidine rings is 1. The number of tetrazole rings is 1. The number of hydrogen-bond acceptors (Lipinski definition) is 6. The van der Waals surface area contributed by atoms with E-state index in [1.54, 1.807) is 11.8 Å². The predicted molar refractivity (Wildman–Crippen MR) is 96.1 cm³/mol. The van der Waals surface area contributed by atoms with Crippen molar-refractivity contribution in [1.29, 1.82) is 0 Å². The van der Waals surface area contributed by atoms with Crippen molar-refractivity contribution in [3.8, 4) is 5.69 Å². The van der Waals surface area contributed by atoms with Gasteiger partial charge in [-0.2, -0.15) is 4.68 Å². The van der Waals surface area contributed by atoms with Crippen molar-refractivity contribution in [3.05, 3.63) is 30.3 Å². The average molecular weight is 356 g/mol. The topological polar surface area (TPSA) is 76.4 Å². The summed E-state index contributed by atoms with van der Waals surface area (Å²) >= 11 is 0. The summed E-state index contributed by atoms with van der Waals surface area (Å²) < 4.78 is 6.90. The van der Waals surface area contributed by atoms with Crippen molar-refractivity contribution in [1.82, 2.24) is 25.1 Å². The third kappa shape index (κ3) is 2.94. The molecule has 2 aromatic rings. The zero-order valence-electron chi connectivity index (χ0n) is 15.0. The van der Waals surface area contributed by atoms with Crippen LogP contribution in [0.3, 0.4) is 0 Å². The molecule has 1 atom stereocenters. The molecule has 3 heterocycles. The Morgan fingerprint density at radius 3 is 2.85 bits per heavy atom. The zero-order chi connectivity index (χ0) is 18.0. The number of para-hydroxylation sites is 1. The summed E-state index contributed by atoms with van der Waals surface area (Å²) in [7, 11) is 1.67. The molecule has 1 aromatic carbocycles. The summed E-state index contributed by atoms with van der Waals surface area (Å²) in [4.78, 5) is 17.2. The lowest BCUT2D eigenvalue weighted by Crippen LogP contribution is -2.51. The van der Waals surface area contributed by atoms with Crippen LogP contribution >= 0.6 is 0 Å². The number of anilines is 1. The summed E-state index contributed by atoms with van der Waals surface area (Å²) in [6.07, 6.45) is 2.81. The number of hydrogen-bond donors (Lipinski definition) is 0. The molecule has 8 heteroatoms. The van der Waals surface area contributed by atoms with Gasteiger partial charge < -0.3 is 14.5 Å². The second-order valence-corrected chi connectivity index (χ2v) is 7.07. The fraction of sp³-hybridized carbons (Fsp3) is 0.556. The van der Waals surface area contributed by atoms with Crippen LogP contribution in [-0.2, 0) is 9.53 Å². The Labute approximate surface area is 152 Å². The third-order valence-electron chi connectivity index (χ3n) is 5.48. The third-order valence-corrected chi connectivity index (χ3v) is 5.48. The molecule has 26 heavy (non-hydrogen) atoms. The normalized spacial score (nSPS) is 23.2. The Kier molecular flexibility index (Phi) is 4.58. The van der Waals surface area contributed by atoms with E-state index in [2.05, 4.69) is 20.4 Å². The lowest BCUT2D eigenvalue weighted by Gasteiger charge is -2.39. The lowest BCUT2D eigenvalue weighted by molar-refractivity contribution is -0.145. The molecule has 0 N–H and O–H groups in total. The fourth-order valence-corrected chi connectivity index (χ4v) is 4.10. The van der Waals surface area contributed by atoms with E-state index in [9.17, 15) is 4.79 Å². The fourth-order valence-electron chi connectivity index (χ4n) is 4.10. The number of ether oxygens (including phenoxy) is 1. The van der Waals surface area contributed by atoms with Crippen LogP contribution < -0.4 is 4.90 Å². The van der Waals surface area contributed by atoms with E-state index >= 15 is 0 Å². The molecular weight excluding hydrogens is 332 g/mol. The average Bonchev–Trinajstić information content (AvgIpc) is 3.32. The maximum absolute atomic E-state index is 13.1. The van der Waals surface area contributed by atoms with Crippen molar-refractivity contribution in [3.63, 3.8) is 0 Å². The van der Waals surface area contributed by atoms with Gasteiger partial charge in [-0.25, -0.2) is 0 Å². The maximum atomic E-state index is 13.1. The van der Waals surface area contributed by atoms with Gasteiger partial charge in [-0.3, -0.25) is 4.79 Å². The molecule has 1 aromatic heterocycles. The molecule has 0 bridgehead atoms. The maximum Gasteiger partial charge on any atom is 0.250 e. The highest BCUT2D eigenvalue weighted by molar-refractivity contribution is 5.85. The summed E-state index contributed by atoms with van der Waals surface area (Å²) in [5.41, 5.74) is 0.601. The second-order valence-electron chi connectivity index (χ2n) is 7.07. The number of carbonyl (C=O) groups is 1. The Morgan fingerprint density at radius 2 is 2.04 bits per heavy atom. The number of aromatic nitrogens is 4. The van der Waals surface area contributed by atoms with E-state index in [0.29, 0.717) is 25.6 Å². The molecule has 2 fully saturated rings. The minimum Gasteiger partial charge on any atom is -0.383 e. The van der Waals surface area contributed by atoms with Crippen LogP contribution in [0.1, 0.15) is 19.3 Å². The van der Waals surface area contributed by atoms with Crippen LogP contribution in [0.4, 0.5) is 5.95 Å². The highest BCUT2D eigenvalue weighted by Gasteiger charge is 2.49. The first-order valence-electron chi connectivity index (χ1n) is 9.11. The highest BCUT2D eigenvalue weighted by atomic mass is 16.5. The van der Waals surface area contributed by atoms with Crippen LogP contribution in [0.2, 0.25) is 0 Å². The van der Waals surface area contributed by atoms with Crippen LogP contribution in [0.15, 0.2) is 30.3 Å². The van der Waals surface area contributed by atoms with E-state index in [-0.39, 0.29) is 11.3 Å². The van der Waals surface area contributed by atoms with Gasteiger partial charge in [-0.15, -0.1) is 0 Å². The Morgan fingerprint density at radius 1 is 1.19 bits per heavy atom. The predicted octanol–water partition coefficient (Wildman–Crippen LogP) is 1.13. The van der Waals surface area contributed by atoms with E-state index in [0.717, 1.165) is 38.0 Å². The summed E-state index contributed by atoms with van der Waals surface area (Å²) in [6.45, 7) is 3.53. The lowest BCUT2D eigenvalue weighted by atomic mass is 9.78. The van der Waals surface area contributed by atoms with Crippen LogP contribution in [0.25, 0.3) is 5.69 Å². The van der Waals surface area contributed by atoms with Gasteiger partial charge in [-0.1, -0.05) is 23.3 Å². The van der Waals surface area contributed by atoms with Crippen molar-refractivity contribution in [2.24, 2.45) is 5.41 Å². The number of likely N-dealkylation sites (tertiary alicyclic amines) is 1. The van der Waals surface area contributed by atoms with Crippen molar-refractivity contribution >= 4 is 11.9 Å². The minimum absolute atomic E-state index is 0.252. The number of amides is 1. The summed E-state index contributed by atoms with van der Waals surface area (Å²) in [5, 5.41) is 12.2. The number of rotatable bonds is 5.